The van der Waals surface area contributed by atoms with Crippen LogP contribution in [0, 0.1) is 0 Å². The van der Waals surface area contributed by atoms with Gasteiger partial charge in [0.1, 0.15) is 6.10 Å². The summed E-state index contributed by atoms with van der Waals surface area (Å²) in [5, 5.41) is 23.5. The van der Waals surface area contributed by atoms with Gasteiger partial charge in [-0.05, 0) is 64.2 Å². The molecule has 3 unspecified atom stereocenters. The lowest BCUT2D eigenvalue weighted by Gasteiger charge is -2.24. The van der Waals surface area contributed by atoms with E-state index in [0.717, 1.165) is 77.0 Å². The maximum atomic E-state index is 13.0. The lowest BCUT2D eigenvalue weighted by molar-refractivity contribution is -0.151. The quantitative estimate of drug-likeness (QED) is 0.0333. The number of allylic oxidation sites excluding steroid dienone is 10. The number of carbonyl (C=O) groups is 2. The molecule has 0 aromatic carbocycles. The Bertz CT molecular complexity index is 968. The summed E-state index contributed by atoms with van der Waals surface area (Å²) >= 11 is 0. The van der Waals surface area contributed by atoms with Gasteiger partial charge < -0.3 is 20.3 Å². The van der Waals surface area contributed by atoms with Crippen LogP contribution in [-0.4, -0.2) is 46.9 Å². The number of hydrogen-bond donors (Lipinski definition) is 3. The fourth-order valence-electron chi connectivity index (χ4n) is 6.29. The van der Waals surface area contributed by atoms with E-state index in [1.54, 1.807) is 0 Å². The number of amides is 1. The van der Waals surface area contributed by atoms with Crippen molar-refractivity contribution in [2.24, 2.45) is 0 Å². The molecule has 53 heavy (non-hydrogen) atoms. The summed E-state index contributed by atoms with van der Waals surface area (Å²) in [7, 11) is 0. The Labute approximate surface area is 327 Å². The lowest BCUT2D eigenvalue weighted by Crippen LogP contribution is -2.46. The topological polar surface area (TPSA) is 95.9 Å². The predicted molar refractivity (Wildman–Crippen MR) is 227 cm³/mol. The zero-order valence-electron chi connectivity index (χ0n) is 34.6. The Morgan fingerprint density at radius 1 is 0.566 bits per heavy atom. The summed E-state index contributed by atoms with van der Waals surface area (Å²) in [6.07, 6.45) is 48.6. The van der Waals surface area contributed by atoms with E-state index in [9.17, 15) is 19.8 Å². The maximum Gasteiger partial charge on any atom is 0.306 e. The Balaban J connectivity index is 4.60. The number of nitrogens with one attached hydrogen (secondary N) is 1. The number of aliphatic hydroxyl groups is 2. The van der Waals surface area contributed by atoms with E-state index in [1.165, 1.54) is 70.6 Å². The minimum absolute atomic E-state index is 0.0538. The second kappa shape index (κ2) is 40.7. The average Bonchev–Trinajstić information content (AvgIpc) is 3.15. The molecule has 3 atom stereocenters. The summed E-state index contributed by atoms with van der Waals surface area (Å²) in [5.74, 6) is -0.551. The molecule has 0 heterocycles. The first-order valence-electron chi connectivity index (χ1n) is 22.0. The smallest absolute Gasteiger partial charge is 0.306 e. The van der Waals surface area contributed by atoms with Gasteiger partial charge in [-0.3, -0.25) is 9.59 Å². The van der Waals surface area contributed by atoms with Crippen LogP contribution in [0.25, 0.3) is 0 Å². The van der Waals surface area contributed by atoms with Gasteiger partial charge in [0.15, 0.2) is 0 Å². The summed E-state index contributed by atoms with van der Waals surface area (Å²) in [6.45, 7) is 6.29. The van der Waals surface area contributed by atoms with Crippen molar-refractivity contribution in [3.05, 3.63) is 60.8 Å². The van der Waals surface area contributed by atoms with E-state index < -0.39 is 18.2 Å². The molecule has 1 amide bonds. The molecule has 306 valence electrons. The van der Waals surface area contributed by atoms with Gasteiger partial charge in [-0.1, -0.05) is 184 Å². The molecule has 0 aliphatic carbocycles. The third-order valence-corrected chi connectivity index (χ3v) is 9.61. The second-order valence-electron chi connectivity index (χ2n) is 14.7. The molecule has 0 bridgehead atoms. The number of aliphatic hydroxyl groups excluding tert-OH is 2. The molecule has 0 aromatic rings. The van der Waals surface area contributed by atoms with E-state index >= 15 is 0 Å². The van der Waals surface area contributed by atoms with Gasteiger partial charge >= 0.3 is 5.97 Å². The molecule has 0 radical (unpaired) electrons. The van der Waals surface area contributed by atoms with Gasteiger partial charge in [-0.15, -0.1) is 0 Å². The lowest BCUT2D eigenvalue weighted by atomic mass is 10.0. The van der Waals surface area contributed by atoms with Crippen molar-refractivity contribution in [2.45, 2.75) is 219 Å². The molecule has 0 saturated heterocycles. The molecule has 0 saturated carbocycles. The van der Waals surface area contributed by atoms with Crippen LogP contribution in [0.2, 0.25) is 0 Å². The monoisotopic (exact) mass is 742 g/mol. The molecular formula is C47H83NO5. The zero-order valence-corrected chi connectivity index (χ0v) is 34.6. The van der Waals surface area contributed by atoms with Crippen molar-refractivity contribution >= 4 is 11.9 Å². The van der Waals surface area contributed by atoms with E-state index in [-0.39, 0.29) is 24.9 Å². The summed E-state index contributed by atoms with van der Waals surface area (Å²) in [6, 6.07) is -0.709. The maximum absolute atomic E-state index is 13.0. The molecule has 0 spiro atoms. The van der Waals surface area contributed by atoms with Crippen molar-refractivity contribution in [3.8, 4) is 0 Å². The number of ether oxygens (including phenoxy) is 1. The molecule has 3 N–H and O–H groups in total. The van der Waals surface area contributed by atoms with Crippen LogP contribution in [0.4, 0.5) is 0 Å². The zero-order chi connectivity index (χ0) is 38.9. The van der Waals surface area contributed by atoms with Crippen molar-refractivity contribution in [3.63, 3.8) is 0 Å². The van der Waals surface area contributed by atoms with Gasteiger partial charge in [0, 0.05) is 6.42 Å². The van der Waals surface area contributed by atoms with Crippen LogP contribution in [0.3, 0.4) is 0 Å². The van der Waals surface area contributed by atoms with E-state index in [2.05, 4.69) is 86.8 Å². The first kappa shape index (κ1) is 50.6. The normalized spacial score (nSPS) is 14.0. The summed E-state index contributed by atoms with van der Waals surface area (Å²) in [5.41, 5.74) is 0. The molecule has 0 aromatic heterocycles. The predicted octanol–water partition coefficient (Wildman–Crippen LogP) is 12.5. The fraction of sp³-hybridized carbons (Fsp3) is 0.745. The summed E-state index contributed by atoms with van der Waals surface area (Å²) in [4.78, 5) is 25.8. The Morgan fingerprint density at radius 3 is 1.47 bits per heavy atom. The highest BCUT2D eigenvalue weighted by Gasteiger charge is 2.24. The van der Waals surface area contributed by atoms with Crippen LogP contribution >= 0.6 is 0 Å². The summed E-state index contributed by atoms with van der Waals surface area (Å²) < 4.78 is 5.85. The molecule has 0 aliphatic rings. The molecule has 6 nitrogen and oxygen atoms in total. The first-order chi connectivity index (χ1) is 26.0. The second-order valence-corrected chi connectivity index (χ2v) is 14.7. The average molecular weight is 742 g/mol. The minimum Gasteiger partial charge on any atom is -0.462 e. The third kappa shape index (κ3) is 36.3. The van der Waals surface area contributed by atoms with Crippen LogP contribution in [0.5, 0.6) is 0 Å². The van der Waals surface area contributed by atoms with Crippen molar-refractivity contribution in [1.29, 1.82) is 0 Å². The highest BCUT2D eigenvalue weighted by Crippen LogP contribution is 2.17. The van der Waals surface area contributed by atoms with E-state index in [1.807, 2.05) is 0 Å². The van der Waals surface area contributed by atoms with Crippen LogP contribution in [-0.2, 0) is 14.3 Å². The molecule has 0 aliphatic heterocycles. The van der Waals surface area contributed by atoms with Crippen molar-refractivity contribution in [2.75, 3.05) is 6.61 Å². The van der Waals surface area contributed by atoms with Crippen LogP contribution in [0.1, 0.15) is 201 Å². The van der Waals surface area contributed by atoms with Crippen molar-refractivity contribution < 1.29 is 24.5 Å². The fourth-order valence-corrected chi connectivity index (χ4v) is 6.29. The molecular weight excluding hydrogens is 659 g/mol. The van der Waals surface area contributed by atoms with Gasteiger partial charge in [-0.2, -0.15) is 0 Å². The number of esters is 1. The third-order valence-electron chi connectivity index (χ3n) is 9.61. The van der Waals surface area contributed by atoms with Gasteiger partial charge in [0.2, 0.25) is 5.91 Å². The number of unbranched alkanes of at least 4 members (excludes halogenated alkanes) is 16. The van der Waals surface area contributed by atoms with Crippen LogP contribution < -0.4 is 5.32 Å². The largest absolute Gasteiger partial charge is 0.462 e. The highest BCUT2D eigenvalue weighted by molar-refractivity contribution is 5.77. The number of carbonyl (C=O) groups excluding carboxylic acids is 2. The SMILES string of the molecule is CC/C=C\C/C=C\C/C=C\C/C=C\C/C=C\CCCC(=O)OC(CCCCCCCCCC)CC(=O)NC(CO)C(O)CCCCCCCCCCC. The van der Waals surface area contributed by atoms with Gasteiger partial charge in [-0.25, -0.2) is 0 Å². The standard InChI is InChI=1S/C47H83NO5/c1-4-7-10-13-16-19-20-21-22-23-24-25-26-28-31-34-37-40-47(52)53-43(38-35-32-29-18-15-12-9-6-3)41-46(51)48-44(42-49)45(50)39-36-33-30-27-17-14-11-8-5-2/h7,10,16,19,21-22,24-25,28,31,43-45,49-50H,4-6,8-9,11-15,17-18,20,23,26-27,29-30,32-42H2,1-3H3,(H,48,51)/b10-7-,19-16-,22-21-,25-24-,31-28-. The highest BCUT2D eigenvalue weighted by atomic mass is 16.5. The van der Waals surface area contributed by atoms with Gasteiger partial charge in [0.05, 0.1) is 25.2 Å². The van der Waals surface area contributed by atoms with Crippen molar-refractivity contribution in [1.82, 2.24) is 5.32 Å². The first-order valence-corrected chi connectivity index (χ1v) is 22.0. The number of hydrogen-bond acceptors (Lipinski definition) is 5. The molecule has 6 heteroatoms. The van der Waals surface area contributed by atoms with E-state index in [0.29, 0.717) is 25.7 Å². The van der Waals surface area contributed by atoms with E-state index in [4.69, 9.17) is 4.74 Å². The van der Waals surface area contributed by atoms with Crippen LogP contribution in [0.15, 0.2) is 60.8 Å². The Kier molecular flexibility index (Phi) is 38.9. The van der Waals surface area contributed by atoms with Gasteiger partial charge in [0.25, 0.3) is 0 Å². The number of rotatable bonds is 38. The molecule has 0 rings (SSSR count). The molecule has 0 fully saturated rings. The Hall–Kier alpha value is -2.44. The minimum atomic E-state index is -0.793. The Morgan fingerprint density at radius 2 is 1.00 bits per heavy atom.